The molecule has 1 aliphatic heterocycles. The normalized spacial score (nSPS) is 13.1. The van der Waals surface area contributed by atoms with E-state index in [1.54, 1.807) is 24.7 Å². The van der Waals surface area contributed by atoms with Gasteiger partial charge in [-0.2, -0.15) is 0 Å². The van der Waals surface area contributed by atoms with E-state index in [0.717, 1.165) is 11.4 Å². The van der Waals surface area contributed by atoms with Crippen molar-refractivity contribution in [2.45, 2.75) is 6.54 Å². The van der Waals surface area contributed by atoms with E-state index >= 15 is 0 Å². The van der Waals surface area contributed by atoms with Crippen molar-refractivity contribution >= 4 is 17.3 Å². The Morgan fingerprint density at radius 1 is 1.16 bits per heavy atom. The first-order valence-corrected chi connectivity index (χ1v) is 6.28. The number of fused-ring (bicyclic) bond motifs is 1. The summed E-state index contributed by atoms with van der Waals surface area (Å²) in [6.45, 7) is 1.65. The van der Waals surface area contributed by atoms with Crippen LogP contribution < -0.4 is 14.8 Å². The lowest BCUT2D eigenvalue weighted by Crippen LogP contribution is -2.15. The first-order valence-electron chi connectivity index (χ1n) is 5.91. The molecule has 1 aliphatic rings. The van der Waals surface area contributed by atoms with E-state index in [9.17, 15) is 0 Å². The number of nitrogens with zero attached hydrogens (tertiary/aromatic N) is 2. The second kappa shape index (κ2) is 5.32. The van der Waals surface area contributed by atoms with Gasteiger partial charge in [-0.3, -0.25) is 9.97 Å². The lowest BCUT2D eigenvalue weighted by molar-refractivity contribution is 0.171. The summed E-state index contributed by atoms with van der Waals surface area (Å²) in [5, 5.41) is 3.80. The van der Waals surface area contributed by atoms with Crippen molar-refractivity contribution in [2.75, 3.05) is 18.5 Å². The number of ether oxygens (including phenoxy) is 2. The molecular weight excluding hydrogens is 266 g/mol. The summed E-state index contributed by atoms with van der Waals surface area (Å²) < 4.78 is 11.0. The molecule has 0 saturated carbocycles. The summed E-state index contributed by atoms with van der Waals surface area (Å²) in [5.74, 6) is 1.39. The van der Waals surface area contributed by atoms with Crippen LogP contribution in [0, 0.1) is 0 Å². The van der Waals surface area contributed by atoms with Gasteiger partial charge in [0.15, 0.2) is 11.5 Å². The van der Waals surface area contributed by atoms with Crippen molar-refractivity contribution in [1.29, 1.82) is 0 Å². The van der Waals surface area contributed by atoms with Crippen molar-refractivity contribution in [3.63, 3.8) is 0 Å². The molecule has 0 amide bonds. The highest BCUT2D eigenvalue weighted by atomic mass is 35.5. The van der Waals surface area contributed by atoms with Crippen molar-refractivity contribution in [1.82, 2.24) is 9.97 Å². The van der Waals surface area contributed by atoms with Gasteiger partial charge >= 0.3 is 0 Å². The molecule has 1 aromatic carbocycles. The third-order valence-corrected chi connectivity index (χ3v) is 3.02. The van der Waals surface area contributed by atoms with Gasteiger partial charge in [-0.15, -0.1) is 0 Å². The molecule has 1 N–H and O–H groups in total. The summed E-state index contributed by atoms with van der Waals surface area (Å²) in [6.07, 6.45) is 5.00. The fraction of sp³-hybridized carbons (Fsp3) is 0.231. The van der Waals surface area contributed by atoms with Gasteiger partial charge in [0, 0.05) is 24.5 Å². The maximum absolute atomic E-state index is 6.19. The molecule has 2 aromatic rings. The van der Waals surface area contributed by atoms with E-state index in [2.05, 4.69) is 15.3 Å². The van der Waals surface area contributed by atoms with Crippen LogP contribution in [0.5, 0.6) is 11.5 Å². The number of nitrogens with one attached hydrogen (secondary N) is 1. The van der Waals surface area contributed by atoms with Crippen LogP contribution in [0.2, 0.25) is 5.02 Å². The van der Waals surface area contributed by atoms with Gasteiger partial charge in [0.2, 0.25) is 0 Å². The highest BCUT2D eigenvalue weighted by molar-refractivity contribution is 6.33. The van der Waals surface area contributed by atoms with Gasteiger partial charge < -0.3 is 14.8 Å². The zero-order chi connectivity index (χ0) is 13.1. The average Bonchev–Trinajstić information content (AvgIpc) is 2.46. The van der Waals surface area contributed by atoms with Crippen LogP contribution >= 0.6 is 11.6 Å². The van der Waals surface area contributed by atoms with Gasteiger partial charge in [0.05, 0.1) is 29.1 Å². The topological polar surface area (TPSA) is 56.3 Å². The number of aromatic nitrogens is 2. The van der Waals surface area contributed by atoms with Crippen LogP contribution in [0.3, 0.4) is 0 Å². The lowest BCUT2D eigenvalue weighted by atomic mass is 10.2. The quantitative estimate of drug-likeness (QED) is 0.934. The van der Waals surface area contributed by atoms with Gasteiger partial charge in [0.1, 0.15) is 13.2 Å². The Balaban J connectivity index is 1.77. The zero-order valence-electron chi connectivity index (χ0n) is 10.1. The molecular formula is C13H12ClN3O2. The molecule has 0 spiro atoms. The van der Waals surface area contributed by atoms with Crippen LogP contribution in [0.4, 0.5) is 5.69 Å². The molecule has 0 bridgehead atoms. The molecule has 0 saturated heterocycles. The van der Waals surface area contributed by atoms with Gasteiger partial charge in [-0.25, -0.2) is 0 Å². The molecule has 0 fully saturated rings. The van der Waals surface area contributed by atoms with Crippen LogP contribution in [0.15, 0.2) is 30.7 Å². The van der Waals surface area contributed by atoms with Gasteiger partial charge in [-0.05, 0) is 0 Å². The standard InChI is InChI=1S/C13H12ClN3O2/c14-10-5-12-13(19-4-3-18-12)6-11(10)17-8-9-7-15-1-2-16-9/h1-2,5-7,17H,3-4,8H2. The molecule has 98 valence electrons. The van der Waals surface area contributed by atoms with Crippen LogP contribution in [-0.2, 0) is 6.54 Å². The van der Waals surface area contributed by atoms with E-state index < -0.39 is 0 Å². The van der Waals surface area contributed by atoms with E-state index in [1.165, 1.54) is 0 Å². The Morgan fingerprint density at radius 3 is 2.68 bits per heavy atom. The second-order valence-electron chi connectivity index (χ2n) is 4.03. The SMILES string of the molecule is Clc1cc2c(cc1NCc1cnccn1)OCCO2. The Labute approximate surface area is 115 Å². The molecule has 0 aliphatic carbocycles. The van der Waals surface area contributed by atoms with Crippen molar-refractivity contribution in [3.8, 4) is 11.5 Å². The van der Waals surface area contributed by atoms with E-state index in [4.69, 9.17) is 21.1 Å². The zero-order valence-corrected chi connectivity index (χ0v) is 10.9. The third-order valence-electron chi connectivity index (χ3n) is 2.71. The molecule has 2 heterocycles. The first kappa shape index (κ1) is 12.0. The number of hydrogen-bond donors (Lipinski definition) is 1. The molecule has 0 unspecified atom stereocenters. The molecule has 6 heteroatoms. The highest BCUT2D eigenvalue weighted by Crippen LogP contribution is 2.37. The number of benzene rings is 1. The molecule has 19 heavy (non-hydrogen) atoms. The van der Waals surface area contributed by atoms with Gasteiger partial charge in [-0.1, -0.05) is 11.6 Å². The first-order chi connectivity index (χ1) is 9.33. The number of rotatable bonds is 3. The fourth-order valence-corrected chi connectivity index (χ4v) is 2.03. The molecule has 3 rings (SSSR count). The summed E-state index contributed by atoms with van der Waals surface area (Å²) >= 11 is 6.19. The maximum atomic E-state index is 6.19. The summed E-state index contributed by atoms with van der Waals surface area (Å²) in [6, 6.07) is 3.60. The minimum atomic E-state index is 0.549. The monoisotopic (exact) mass is 277 g/mol. The third kappa shape index (κ3) is 2.71. The van der Waals surface area contributed by atoms with Crippen LogP contribution in [-0.4, -0.2) is 23.2 Å². The summed E-state index contributed by atoms with van der Waals surface area (Å²) in [4.78, 5) is 8.20. The Kier molecular flexibility index (Phi) is 3.37. The van der Waals surface area contributed by atoms with E-state index in [0.29, 0.717) is 36.3 Å². The summed E-state index contributed by atoms with van der Waals surface area (Å²) in [7, 11) is 0. The Morgan fingerprint density at radius 2 is 1.95 bits per heavy atom. The van der Waals surface area contributed by atoms with Crippen molar-refractivity contribution < 1.29 is 9.47 Å². The van der Waals surface area contributed by atoms with Crippen LogP contribution in [0.1, 0.15) is 5.69 Å². The minimum absolute atomic E-state index is 0.549. The van der Waals surface area contributed by atoms with Gasteiger partial charge in [0.25, 0.3) is 0 Å². The van der Waals surface area contributed by atoms with Crippen molar-refractivity contribution in [2.24, 2.45) is 0 Å². The Bertz CT molecular complexity index is 578. The number of hydrogen-bond acceptors (Lipinski definition) is 5. The molecule has 5 nitrogen and oxygen atoms in total. The van der Waals surface area contributed by atoms with E-state index in [-0.39, 0.29) is 0 Å². The Hall–Kier alpha value is -2.01. The predicted molar refractivity (Wildman–Crippen MR) is 71.8 cm³/mol. The fourth-order valence-electron chi connectivity index (χ4n) is 1.81. The lowest BCUT2D eigenvalue weighted by Gasteiger charge is -2.20. The minimum Gasteiger partial charge on any atom is -0.486 e. The van der Waals surface area contributed by atoms with Crippen molar-refractivity contribution in [3.05, 3.63) is 41.4 Å². The maximum Gasteiger partial charge on any atom is 0.163 e. The predicted octanol–water partition coefficient (Wildman–Crippen LogP) is 2.51. The molecule has 0 radical (unpaired) electrons. The molecule has 1 aromatic heterocycles. The van der Waals surface area contributed by atoms with E-state index in [1.807, 2.05) is 6.07 Å². The largest absolute Gasteiger partial charge is 0.486 e. The average molecular weight is 278 g/mol. The van der Waals surface area contributed by atoms with Crippen LogP contribution in [0.25, 0.3) is 0 Å². The molecule has 0 atom stereocenters. The number of halogens is 1. The smallest absolute Gasteiger partial charge is 0.163 e. The summed E-state index contributed by atoms with van der Waals surface area (Å²) in [5.41, 5.74) is 1.63. The second-order valence-corrected chi connectivity index (χ2v) is 4.43. The number of anilines is 1. The highest BCUT2D eigenvalue weighted by Gasteiger charge is 2.14.